The van der Waals surface area contributed by atoms with Crippen molar-refractivity contribution in [1.82, 2.24) is 0 Å². The van der Waals surface area contributed by atoms with Gasteiger partial charge >= 0.3 is 5.97 Å². The van der Waals surface area contributed by atoms with E-state index in [1.54, 1.807) is 6.08 Å². The van der Waals surface area contributed by atoms with E-state index in [-0.39, 0.29) is 24.1 Å². The summed E-state index contributed by atoms with van der Waals surface area (Å²) in [5, 5.41) is 0. The average Bonchev–Trinajstić information content (AvgIpc) is 2.30. The van der Waals surface area contributed by atoms with Crippen LogP contribution in [0.5, 0.6) is 0 Å². The van der Waals surface area contributed by atoms with E-state index in [0.717, 1.165) is 6.42 Å². The zero-order chi connectivity index (χ0) is 7.84. The van der Waals surface area contributed by atoms with Gasteiger partial charge < -0.3 is 9.47 Å². The van der Waals surface area contributed by atoms with Crippen LogP contribution in [0.2, 0.25) is 0 Å². The molecule has 0 N–H and O–H groups in total. The Morgan fingerprint density at radius 2 is 2.45 bits per heavy atom. The Hall–Kier alpha value is -0.830. The van der Waals surface area contributed by atoms with Crippen molar-refractivity contribution in [2.45, 2.75) is 18.6 Å². The topological polar surface area (TPSA) is 35.5 Å². The molecule has 0 aliphatic carbocycles. The van der Waals surface area contributed by atoms with Gasteiger partial charge in [-0.2, -0.15) is 0 Å². The lowest BCUT2D eigenvalue weighted by Crippen LogP contribution is -2.31. The minimum absolute atomic E-state index is 0.00343. The summed E-state index contributed by atoms with van der Waals surface area (Å²) >= 11 is 0. The van der Waals surface area contributed by atoms with Gasteiger partial charge in [0, 0.05) is 6.42 Å². The van der Waals surface area contributed by atoms with Crippen LogP contribution in [0.4, 0.5) is 0 Å². The van der Waals surface area contributed by atoms with E-state index in [9.17, 15) is 4.79 Å². The van der Waals surface area contributed by atoms with Gasteiger partial charge in [-0.1, -0.05) is 6.08 Å². The van der Waals surface area contributed by atoms with Crippen LogP contribution in [-0.4, -0.2) is 24.8 Å². The predicted octanol–water partition coefficient (Wildman–Crippen LogP) is 0.503. The molecular weight excluding hydrogens is 144 g/mol. The number of fused-ring (bicyclic) bond motifs is 2. The highest BCUT2D eigenvalue weighted by Gasteiger charge is 2.43. The third kappa shape index (κ3) is 0.959. The first-order valence-electron chi connectivity index (χ1n) is 3.76. The summed E-state index contributed by atoms with van der Waals surface area (Å²) in [6.45, 7) is 4.13. The monoisotopic (exact) mass is 154 g/mol. The molecule has 3 nitrogen and oxygen atoms in total. The van der Waals surface area contributed by atoms with Crippen LogP contribution in [0.25, 0.3) is 0 Å². The molecule has 2 saturated heterocycles. The molecule has 0 radical (unpaired) electrons. The van der Waals surface area contributed by atoms with Crippen LogP contribution in [-0.2, 0) is 14.3 Å². The molecule has 3 heteroatoms. The van der Waals surface area contributed by atoms with E-state index < -0.39 is 0 Å². The molecule has 3 atom stereocenters. The number of hydrogen-bond donors (Lipinski definition) is 0. The number of hydrogen-bond acceptors (Lipinski definition) is 3. The summed E-state index contributed by atoms with van der Waals surface area (Å²) in [5.74, 6) is -0.219. The van der Waals surface area contributed by atoms with Crippen molar-refractivity contribution in [3.63, 3.8) is 0 Å². The van der Waals surface area contributed by atoms with Crippen molar-refractivity contribution >= 4 is 5.97 Å². The Morgan fingerprint density at radius 1 is 1.64 bits per heavy atom. The molecular formula is C8H10O3. The smallest absolute Gasteiger partial charge is 0.312 e. The first-order chi connectivity index (χ1) is 5.31. The van der Waals surface area contributed by atoms with Crippen molar-refractivity contribution in [2.24, 2.45) is 5.92 Å². The van der Waals surface area contributed by atoms with Crippen LogP contribution >= 0.6 is 0 Å². The van der Waals surface area contributed by atoms with Gasteiger partial charge in [-0.3, -0.25) is 4.79 Å². The van der Waals surface area contributed by atoms with Crippen molar-refractivity contribution in [1.29, 1.82) is 0 Å². The number of ether oxygens (including phenoxy) is 2. The minimum Gasteiger partial charge on any atom is -0.460 e. The molecule has 2 rings (SSSR count). The molecule has 0 spiro atoms. The Labute approximate surface area is 65.0 Å². The molecule has 0 aromatic carbocycles. The Balaban J connectivity index is 2.18. The maximum atomic E-state index is 11.1. The molecule has 2 aliphatic heterocycles. The Morgan fingerprint density at radius 3 is 3.18 bits per heavy atom. The normalized spacial score (nSPS) is 41.8. The third-order valence-electron chi connectivity index (χ3n) is 2.21. The molecule has 0 aromatic heterocycles. The summed E-state index contributed by atoms with van der Waals surface area (Å²) in [4.78, 5) is 11.1. The second-order valence-electron chi connectivity index (χ2n) is 2.93. The van der Waals surface area contributed by atoms with Crippen molar-refractivity contribution in [3.8, 4) is 0 Å². The highest BCUT2D eigenvalue weighted by molar-refractivity contribution is 5.76. The van der Waals surface area contributed by atoms with E-state index >= 15 is 0 Å². The maximum absolute atomic E-state index is 11.1. The lowest BCUT2D eigenvalue weighted by atomic mass is 9.96. The lowest BCUT2D eigenvalue weighted by molar-refractivity contribution is -0.143. The fourth-order valence-corrected chi connectivity index (χ4v) is 1.62. The highest BCUT2D eigenvalue weighted by Crippen LogP contribution is 2.31. The largest absolute Gasteiger partial charge is 0.460 e. The van der Waals surface area contributed by atoms with E-state index in [2.05, 4.69) is 6.58 Å². The average molecular weight is 154 g/mol. The van der Waals surface area contributed by atoms with Crippen LogP contribution < -0.4 is 0 Å². The van der Waals surface area contributed by atoms with Crippen LogP contribution in [0.15, 0.2) is 12.7 Å². The van der Waals surface area contributed by atoms with Gasteiger partial charge in [0.1, 0.15) is 6.10 Å². The SMILES string of the molecule is C=CC1OCC2CC1C(=O)O2. The van der Waals surface area contributed by atoms with Gasteiger partial charge in [-0.15, -0.1) is 6.58 Å². The standard InChI is InChI=1S/C8H10O3/c1-2-7-6-3-5(4-10-7)11-8(6)9/h2,5-7H,1,3-4H2. The fraction of sp³-hybridized carbons (Fsp3) is 0.625. The quantitative estimate of drug-likeness (QED) is 0.407. The molecule has 0 aromatic rings. The predicted molar refractivity (Wildman–Crippen MR) is 37.9 cm³/mol. The van der Waals surface area contributed by atoms with E-state index in [1.165, 1.54) is 0 Å². The molecule has 0 saturated carbocycles. The second kappa shape index (κ2) is 2.34. The van der Waals surface area contributed by atoms with Gasteiger partial charge in [-0.25, -0.2) is 0 Å². The molecule has 2 fully saturated rings. The summed E-state index contributed by atoms with van der Waals surface area (Å²) < 4.78 is 10.3. The summed E-state index contributed by atoms with van der Waals surface area (Å²) in [7, 11) is 0. The first kappa shape index (κ1) is 6.85. The highest BCUT2D eigenvalue weighted by atomic mass is 16.6. The zero-order valence-electron chi connectivity index (χ0n) is 6.16. The summed E-state index contributed by atoms with van der Waals surface area (Å²) in [6.07, 6.45) is 2.35. The zero-order valence-corrected chi connectivity index (χ0v) is 6.16. The molecule has 60 valence electrons. The van der Waals surface area contributed by atoms with Crippen LogP contribution in [0.1, 0.15) is 6.42 Å². The van der Waals surface area contributed by atoms with Crippen molar-refractivity contribution in [3.05, 3.63) is 12.7 Å². The minimum atomic E-state index is -0.127. The van der Waals surface area contributed by atoms with E-state index in [0.29, 0.717) is 6.61 Å². The van der Waals surface area contributed by atoms with Crippen molar-refractivity contribution < 1.29 is 14.3 Å². The lowest BCUT2D eigenvalue weighted by Gasteiger charge is -2.22. The fourth-order valence-electron chi connectivity index (χ4n) is 1.62. The molecule has 3 unspecified atom stereocenters. The number of rotatable bonds is 1. The number of esters is 1. The summed E-state index contributed by atoms with van der Waals surface area (Å²) in [6, 6.07) is 0. The second-order valence-corrected chi connectivity index (χ2v) is 2.93. The Kier molecular flexibility index (Phi) is 1.46. The molecule has 11 heavy (non-hydrogen) atoms. The third-order valence-corrected chi connectivity index (χ3v) is 2.21. The van der Waals surface area contributed by atoms with Gasteiger partial charge in [0.25, 0.3) is 0 Å². The van der Waals surface area contributed by atoms with Crippen molar-refractivity contribution in [2.75, 3.05) is 6.61 Å². The maximum Gasteiger partial charge on any atom is 0.312 e. The number of carbonyl (C=O) groups excluding carboxylic acids is 1. The van der Waals surface area contributed by atoms with Crippen LogP contribution in [0.3, 0.4) is 0 Å². The van der Waals surface area contributed by atoms with Gasteiger partial charge in [-0.05, 0) is 0 Å². The molecule has 0 amide bonds. The van der Waals surface area contributed by atoms with E-state index in [1.807, 2.05) is 0 Å². The molecule has 2 heterocycles. The molecule has 2 aliphatic rings. The molecule has 2 bridgehead atoms. The first-order valence-corrected chi connectivity index (χ1v) is 3.76. The number of carbonyl (C=O) groups is 1. The van der Waals surface area contributed by atoms with E-state index in [4.69, 9.17) is 9.47 Å². The summed E-state index contributed by atoms with van der Waals surface area (Å²) in [5.41, 5.74) is 0. The Bertz CT molecular complexity index is 200. The van der Waals surface area contributed by atoms with Gasteiger partial charge in [0.15, 0.2) is 0 Å². The van der Waals surface area contributed by atoms with Crippen LogP contribution in [0, 0.1) is 5.92 Å². The van der Waals surface area contributed by atoms with Gasteiger partial charge in [0.05, 0.1) is 18.6 Å². The van der Waals surface area contributed by atoms with Gasteiger partial charge in [0.2, 0.25) is 0 Å².